The summed E-state index contributed by atoms with van der Waals surface area (Å²) in [6.07, 6.45) is 3.87. The molecule has 0 saturated heterocycles. The van der Waals surface area contributed by atoms with E-state index in [-0.39, 0.29) is 11.3 Å². The summed E-state index contributed by atoms with van der Waals surface area (Å²) in [5.74, 6) is 0.0833. The number of aromatic nitrogens is 2. The number of aryl methyl sites for hydroxylation is 1. The van der Waals surface area contributed by atoms with Crippen LogP contribution in [0, 0.1) is 5.41 Å². The summed E-state index contributed by atoms with van der Waals surface area (Å²) >= 11 is 0. The van der Waals surface area contributed by atoms with Gasteiger partial charge in [0.1, 0.15) is 0 Å². The van der Waals surface area contributed by atoms with Gasteiger partial charge in [-0.2, -0.15) is 5.10 Å². The second-order valence-electron chi connectivity index (χ2n) is 10.4. The molecule has 0 radical (unpaired) electrons. The molecule has 0 spiro atoms. The van der Waals surface area contributed by atoms with Gasteiger partial charge in [0.05, 0.1) is 0 Å². The van der Waals surface area contributed by atoms with E-state index in [0.717, 1.165) is 50.9 Å². The highest BCUT2D eigenvalue weighted by atomic mass is 16.2. The normalized spacial score (nSPS) is 18.8. The predicted octanol–water partition coefficient (Wildman–Crippen LogP) is 2.65. The standard InChI is InChI=1S/C25H37N5O/c1-25(2,17-28(3)4)16-26-20-10-11-22-21(14-20)23(27-29(22)5)24(31)30-13-12-18-8-6-7-9-19(18)15-30/h6-9,20,26H,10-17H2,1-5H3. The van der Waals surface area contributed by atoms with Gasteiger partial charge in [0, 0.05) is 50.5 Å². The van der Waals surface area contributed by atoms with Gasteiger partial charge in [0.25, 0.3) is 5.91 Å². The van der Waals surface area contributed by atoms with Crippen LogP contribution >= 0.6 is 0 Å². The Bertz CT molecular complexity index is 945. The van der Waals surface area contributed by atoms with Gasteiger partial charge in [-0.05, 0) is 56.3 Å². The van der Waals surface area contributed by atoms with Crippen molar-refractivity contribution < 1.29 is 4.79 Å². The molecule has 0 saturated carbocycles. The molecule has 1 aliphatic carbocycles. The first kappa shape index (κ1) is 22.0. The second-order valence-corrected chi connectivity index (χ2v) is 10.4. The Kier molecular flexibility index (Phi) is 6.22. The molecule has 0 bridgehead atoms. The van der Waals surface area contributed by atoms with E-state index in [2.05, 4.69) is 62.4 Å². The van der Waals surface area contributed by atoms with Gasteiger partial charge >= 0.3 is 0 Å². The molecule has 1 aromatic carbocycles. The van der Waals surface area contributed by atoms with Crippen LogP contribution in [0.2, 0.25) is 0 Å². The van der Waals surface area contributed by atoms with Crippen molar-refractivity contribution in [1.82, 2.24) is 24.9 Å². The first-order valence-corrected chi connectivity index (χ1v) is 11.5. The Hall–Kier alpha value is -2.18. The number of benzene rings is 1. The number of fused-ring (bicyclic) bond motifs is 2. The number of amides is 1. The molecule has 6 heteroatoms. The van der Waals surface area contributed by atoms with Gasteiger partial charge in [-0.1, -0.05) is 38.1 Å². The van der Waals surface area contributed by atoms with E-state index >= 15 is 0 Å². The molecule has 2 aromatic rings. The molecule has 2 heterocycles. The van der Waals surface area contributed by atoms with Gasteiger partial charge < -0.3 is 15.1 Å². The molecule has 1 amide bonds. The lowest BCUT2D eigenvalue weighted by molar-refractivity contribution is 0.0726. The number of nitrogens with zero attached hydrogens (tertiary/aromatic N) is 4. The zero-order valence-electron chi connectivity index (χ0n) is 19.7. The molecule has 1 unspecified atom stereocenters. The minimum Gasteiger partial charge on any atom is -0.333 e. The number of rotatable bonds is 6. The Morgan fingerprint density at radius 1 is 1.23 bits per heavy atom. The topological polar surface area (TPSA) is 53.4 Å². The minimum absolute atomic E-state index is 0.0833. The van der Waals surface area contributed by atoms with Crippen LogP contribution in [-0.4, -0.2) is 65.3 Å². The third-order valence-electron chi connectivity index (χ3n) is 6.69. The average Bonchev–Trinajstić information content (AvgIpc) is 3.06. The summed E-state index contributed by atoms with van der Waals surface area (Å²) in [5, 5.41) is 8.48. The molecule has 1 N–H and O–H groups in total. The molecule has 1 aromatic heterocycles. The van der Waals surface area contributed by atoms with Crippen LogP contribution in [0.25, 0.3) is 0 Å². The molecule has 2 aliphatic rings. The van der Waals surface area contributed by atoms with E-state index in [1.54, 1.807) is 0 Å². The molecule has 4 rings (SSSR count). The van der Waals surface area contributed by atoms with Gasteiger partial charge in [-0.3, -0.25) is 9.48 Å². The number of nitrogens with one attached hydrogen (secondary N) is 1. The van der Waals surface area contributed by atoms with Crippen molar-refractivity contribution in [3.8, 4) is 0 Å². The Morgan fingerprint density at radius 3 is 2.71 bits per heavy atom. The van der Waals surface area contributed by atoms with Gasteiger partial charge in [-0.15, -0.1) is 0 Å². The van der Waals surface area contributed by atoms with E-state index in [4.69, 9.17) is 5.10 Å². The third kappa shape index (κ3) is 4.85. The van der Waals surface area contributed by atoms with E-state index in [1.165, 1.54) is 16.8 Å². The monoisotopic (exact) mass is 423 g/mol. The second kappa shape index (κ2) is 8.75. The van der Waals surface area contributed by atoms with Crippen molar-refractivity contribution in [2.24, 2.45) is 12.5 Å². The van der Waals surface area contributed by atoms with E-state index in [9.17, 15) is 4.79 Å². The highest BCUT2D eigenvalue weighted by Gasteiger charge is 2.32. The molecule has 168 valence electrons. The van der Waals surface area contributed by atoms with Crippen molar-refractivity contribution in [2.75, 3.05) is 33.7 Å². The van der Waals surface area contributed by atoms with E-state index < -0.39 is 0 Å². The summed E-state index contributed by atoms with van der Waals surface area (Å²) in [4.78, 5) is 17.7. The fourth-order valence-electron chi connectivity index (χ4n) is 5.29. The largest absolute Gasteiger partial charge is 0.333 e. The van der Waals surface area contributed by atoms with Crippen molar-refractivity contribution in [2.45, 2.75) is 52.1 Å². The first-order valence-electron chi connectivity index (χ1n) is 11.5. The summed E-state index contributed by atoms with van der Waals surface area (Å²) in [6, 6.07) is 8.85. The molecule has 1 atom stereocenters. The van der Waals surface area contributed by atoms with Gasteiger partial charge in [0.15, 0.2) is 5.69 Å². The van der Waals surface area contributed by atoms with Crippen molar-refractivity contribution >= 4 is 5.91 Å². The highest BCUT2D eigenvalue weighted by molar-refractivity contribution is 5.94. The Morgan fingerprint density at radius 2 is 1.97 bits per heavy atom. The Labute approximate surface area is 186 Å². The Balaban J connectivity index is 1.47. The molecule has 31 heavy (non-hydrogen) atoms. The number of hydrogen-bond acceptors (Lipinski definition) is 4. The lowest BCUT2D eigenvalue weighted by Crippen LogP contribution is -2.44. The number of hydrogen-bond donors (Lipinski definition) is 1. The fourth-order valence-corrected chi connectivity index (χ4v) is 5.29. The number of carbonyl (C=O) groups excluding carboxylic acids is 1. The van der Waals surface area contributed by atoms with Crippen LogP contribution in [0.5, 0.6) is 0 Å². The SMILES string of the molecule is CN(C)CC(C)(C)CNC1CCc2c(c(C(=O)N3CCc4ccccc4C3)nn2C)C1. The maximum atomic E-state index is 13.5. The first-order chi connectivity index (χ1) is 14.7. The quantitative estimate of drug-likeness (QED) is 0.776. The molecule has 0 fully saturated rings. The van der Waals surface area contributed by atoms with Crippen LogP contribution in [0.3, 0.4) is 0 Å². The van der Waals surface area contributed by atoms with E-state index in [0.29, 0.717) is 18.3 Å². The highest BCUT2D eigenvalue weighted by Crippen LogP contribution is 2.28. The minimum atomic E-state index is 0.0833. The van der Waals surface area contributed by atoms with Crippen LogP contribution in [0.1, 0.15) is 53.1 Å². The van der Waals surface area contributed by atoms with Crippen LogP contribution in [0.15, 0.2) is 24.3 Å². The summed E-state index contributed by atoms with van der Waals surface area (Å²) in [5.41, 5.74) is 5.87. The summed E-state index contributed by atoms with van der Waals surface area (Å²) in [6.45, 7) is 8.08. The maximum absolute atomic E-state index is 13.5. The molecule has 6 nitrogen and oxygen atoms in total. The molecule has 1 aliphatic heterocycles. The van der Waals surface area contributed by atoms with Crippen molar-refractivity contribution in [3.63, 3.8) is 0 Å². The average molecular weight is 424 g/mol. The van der Waals surface area contributed by atoms with Gasteiger partial charge in [0.2, 0.25) is 0 Å². The van der Waals surface area contributed by atoms with Crippen molar-refractivity contribution in [1.29, 1.82) is 0 Å². The maximum Gasteiger partial charge on any atom is 0.274 e. The molecular formula is C25H37N5O. The zero-order valence-corrected chi connectivity index (χ0v) is 19.7. The van der Waals surface area contributed by atoms with Gasteiger partial charge in [-0.25, -0.2) is 0 Å². The fraction of sp³-hybridized carbons (Fsp3) is 0.600. The smallest absolute Gasteiger partial charge is 0.274 e. The molecular weight excluding hydrogens is 386 g/mol. The number of carbonyl (C=O) groups is 1. The van der Waals surface area contributed by atoms with Crippen LogP contribution < -0.4 is 5.32 Å². The van der Waals surface area contributed by atoms with Crippen molar-refractivity contribution in [3.05, 3.63) is 52.3 Å². The van der Waals surface area contributed by atoms with E-state index in [1.807, 2.05) is 16.6 Å². The third-order valence-corrected chi connectivity index (χ3v) is 6.69. The van der Waals surface area contributed by atoms with Crippen LogP contribution in [0.4, 0.5) is 0 Å². The summed E-state index contributed by atoms with van der Waals surface area (Å²) < 4.78 is 1.94. The summed E-state index contributed by atoms with van der Waals surface area (Å²) in [7, 11) is 6.23. The zero-order chi connectivity index (χ0) is 22.2. The lowest BCUT2D eigenvalue weighted by atomic mass is 9.88. The predicted molar refractivity (Wildman–Crippen MR) is 124 cm³/mol. The van der Waals surface area contributed by atoms with Crippen LogP contribution in [-0.2, 0) is 32.9 Å². The lowest BCUT2D eigenvalue weighted by Gasteiger charge is -2.32.